The Morgan fingerprint density at radius 1 is 0.842 bits per heavy atom. The Bertz CT molecular complexity index is 623. The normalized spacial score (nSPS) is 12.5. The molecule has 0 bridgehead atoms. The standard InChI is InChI=1S/C14H10F4O/c1-7(19)8-5-6-10(14(18)13(8)17)9-3-2-4-11(15)12(9)16/h2-7,19H,1H3. The zero-order valence-corrected chi connectivity index (χ0v) is 9.92. The smallest absolute Gasteiger partial charge is 0.167 e. The molecule has 0 amide bonds. The van der Waals surface area contributed by atoms with Gasteiger partial charge in [0.25, 0.3) is 0 Å². The first-order valence-electron chi connectivity index (χ1n) is 5.53. The minimum absolute atomic E-state index is 0.238. The fourth-order valence-electron chi connectivity index (χ4n) is 1.81. The quantitative estimate of drug-likeness (QED) is 0.819. The third-order valence-electron chi connectivity index (χ3n) is 2.80. The number of benzene rings is 2. The number of aliphatic hydroxyl groups is 1. The van der Waals surface area contributed by atoms with E-state index < -0.39 is 29.4 Å². The van der Waals surface area contributed by atoms with Crippen LogP contribution in [0, 0.1) is 23.3 Å². The van der Waals surface area contributed by atoms with Gasteiger partial charge in [0.15, 0.2) is 23.3 Å². The van der Waals surface area contributed by atoms with Gasteiger partial charge in [0, 0.05) is 16.7 Å². The van der Waals surface area contributed by atoms with Gasteiger partial charge in [-0.1, -0.05) is 24.3 Å². The molecule has 0 aromatic heterocycles. The van der Waals surface area contributed by atoms with Crippen LogP contribution in [0.1, 0.15) is 18.6 Å². The second-order valence-corrected chi connectivity index (χ2v) is 4.11. The van der Waals surface area contributed by atoms with Gasteiger partial charge in [0.05, 0.1) is 6.10 Å². The first-order valence-corrected chi connectivity index (χ1v) is 5.53. The van der Waals surface area contributed by atoms with E-state index in [1.54, 1.807) is 0 Å². The lowest BCUT2D eigenvalue weighted by Crippen LogP contribution is -2.01. The van der Waals surface area contributed by atoms with E-state index in [4.69, 9.17) is 0 Å². The first kappa shape index (κ1) is 13.5. The van der Waals surface area contributed by atoms with Gasteiger partial charge in [-0.3, -0.25) is 0 Å². The third kappa shape index (κ3) is 2.33. The minimum Gasteiger partial charge on any atom is -0.389 e. The molecule has 5 heteroatoms. The van der Waals surface area contributed by atoms with Gasteiger partial charge in [0.1, 0.15) is 0 Å². The van der Waals surface area contributed by atoms with Crippen LogP contribution in [0.2, 0.25) is 0 Å². The van der Waals surface area contributed by atoms with Gasteiger partial charge in [-0.05, 0) is 13.0 Å². The van der Waals surface area contributed by atoms with Gasteiger partial charge in [-0.2, -0.15) is 0 Å². The fourth-order valence-corrected chi connectivity index (χ4v) is 1.81. The Morgan fingerprint density at radius 2 is 1.47 bits per heavy atom. The van der Waals surface area contributed by atoms with Crippen molar-refractivity contribution in [1.29, 1.82) is 0 Å². The van der Waals surface area contributed by atoms with Crippen molar-refractivity contribution in [1.82, 2.24) is 0 Å². The highest BCUT2D eigenvalue weighted by atomic mass is 19.2. The molecular formula is C14H10F4O. The lowest BCUT2D eigenvalue weighted by atomic mass is 10.00. The van der Waals surface area contributed by atoms with Gasteiger partial charge in [0.2, 0.25) is 0 Å². The molecule has 2 aromatic carbocycles. The van der Waals surface area contributed by atoms with Crippen molar-refractivity contribution >= 4 is 0 Å². The Hall–Kier alpha value is -1.88. The van der Waals surface area contributed by atoms with E-state index in [1.165, 1.54) is 13.0 Å². The maximum Gasteiger partial charge on any atom is 0.167 e. The maximum absolute atomic E-state index is 13.8. The maximum atomic E-state index is 13.8. The highest BCUT2D eigenvalue weighted by Gasteiger charge is 2.20. The second-order valence-electron chi connectivity index (χ2n) is 4.11. The van der Waals surface area contributed by atoms with Crippen molar-refractivity contribution in [2.24, 2.45) is 0 Å². The van der Waals surface area contributed by atoms with Crippen molar-refractivity contribution in [3.05, 3.63) is 59.2 Å². The molecule has 19 heavy (non-hydrogen) atoms. The van der Waals surface area contributed by atoms with Crippen molar-refractivity contribution in [3.63, 3.8) is 0 Å². The molecule has 1 nitrogen and oxygen atoms in total. The lowest BCUT2D eigenvalue weighted by Gasteiger charge is -2.11. The molecule has 1 unspecified atom stereocenters. The van der Waals surface area contributed by atoms with Crippen LogP contribution in [0.4, 0.5) is 17.6 Å². The van der Waals surface area contributed by atoms with E-state index in [1.807, 2.05) is 0 Å². The summed E-state index contributed by atoms with van der Waals surface area (Å²) < 4.78 is 54.1. The SMILES string of the molecule is CC(O)c1ccc(-c2cccc(F)c2F)c(F)c1F. The molecule has 2 aromatic rings. The molecule has 0 saturated carbocycles. The molecule has 0 aliphatic heterocycles. The van der Waals surface area contributed by atoms with Crippen LogP contribution < -0.4 is 0 Å². The number of aliphatic hydroxyl groups excluding tert-OH is 1. The van der Waals surface area contributed by atoms with Gasteiger partial charge in [-0.25, -0.2) is 17.6 Å². The predicted octanol–water partition coefficient (Wildman–Crippen LogP) is 3.96. The molecule has 0 saturated heterocycles. The fraction of sp³-hybridized carbons (Fsp3) is 0.143. The average Bonchev–Trinajstić information content (AvgIpc) is 2.36. The zero-order chi connectivity index (χ0) is 14.2. The van der Waals surface area contributed by atoms with Gasteiger partial charge >= 0.3 is 0 Å². The molecule has 0 aliphatic carbocycles. The summed E-state index contributed by atoms with van der Waals surface area (Å²) in [4.78, 5) is 0. The average molecular weight is 270 g/mol. The summed E-state index contributed by atoms with van der Waals surface area (Å²) in [5, 5.41) is 9.25. The number of hydrogen-bond acceptors (Lipinski definition) is 1. The Labute approximate surface area is 107 Å². The Morgan fingerprint density at radius 3 is 2.11 bits per heavy atom. The summed E-state index contributed by atoms with van der Waals surface area (Å²) in [5.41, 5.74) is -0.995. The summed E-state index contributed by atoms with van der Waals surface area (Å²) in [6.07, 6.45) is -1.19. The first-order chi connectivity index (χ1) is 8.93. The summed E-state index contributed by atoms with van der Waals surface area (Å²) in [5.74, 6) is -4.97. The van der Waals surface area contributed by atoms with Crippen LogP contribution in [0.15, 0.2) is 30.3 Å². The molecule has 2 rings (SSSR count). The van der Waals surface area contributed by atoms with Crippen molar-refractivity contribution < 1.29 is 22.7 Å². The predicted molar refractivity (Wildman–Crippen MR) is 62.3 cm³/mol. The van der Waals surface area contributed by atoms with Crippen LogP contribution in [0.3, 0.4) is 0 Å². The van der Waals surface area contributed by atoms with E-state index >= 15 is 0 Å². The molecule has 100 valence electrons. The highest BCUT2D eigenvalue weighted by molar-refractivity contribution is 5.65. The van der Waals surface area contributed by atoms with Crippen LogP contribution in [0.25, 0.3) is 11.1 Å². The largest absolute Gasteiger partial charge is 0.389 e. The summed E-state index contributed by atoms with van der Waals surface area (Å²) in [7, 11) is 0. The van der Waals surface area contributed by atoms with Crippen molar-refractivity contribution in [2.45, 2.75) is 13.0 Å². The Balaban J connectivity index is 2.65. The van der Waals surface area contributed by atoms with Crippen LogP contribution >= 0.6 is 0 Å². The molecule has 0 spiro atoms. The number of halogens is 4. The van der Waals surface area contributed by atoms with Crippen LogP contribution in [-0.4, -0.2) is 5.11 Å². The van der Waals surface area contributed by atoms with E-state index in [-0.39, 0.29) is 16.7 Å². The lowest BCUT2D eigenvalue weighted by molar-refractivity contribution is 0.193. The summed E-state index contributed by atoms with van der Waals surface area (Å²) in [6.45, 7) is 1.28. The minimum atomic E-state index is -1.32. The second kappa shape index (κ2) is 5.01. The van der Waals surface area contributed by atoms with Gasteiger partial charge < -0.3 is 5.11 Å². The molecule has 0 fully saturated rings. The van der Waals surface area contributed by atoms with Gasteiger partial charge in [-0.15, -0.1) is 0 Å². The zero-order valence-electron chi connectivity index (χ0n) is 9.92. The highest BCUT2D eigenvalue weighted by Crippen LogP contribution is 2.31. The summed E-state index contributed by atoms with van der Waals surface area (Å²) >= 11 is 0. The van der Waals surface area contributed by atoms with Crippen molar-refractivity contribution in [3.8, 4) is 11.1 Å². The molecule has 0 radical (unpaired) electrons. The topological polar surface area (TPSA) is 20.2 Å². The van der Waals surface area contributed by atoms with Crippen molar-refractivity contribution in [2.75, 3.05) is 0 Å². The monoisotopic (exact) mass is 270 g/mol. The molecular weight excluding hydrogens is 260 g/mol. The third-order valence-corrected chi connectivity index (χ3v) is 2.80. The summed E-state index contributed by atoms with van der Waals surface area (Å²) in [6, 6.07) is 5.49. The van der Waals surface area contributed by atoms with Crippen LogP contribution in [0.5, 0.6) is 0 Å². The number of rotatable bonds is 2. The molecule has 1 N–H and O–H groups in total. The molecule has 1 atom stereocenters. The Kier molecular flexibility index (Phi) is 3.57. The van der Waals surface area contributed by atoms with E-state index in [9.17, 15) is 22.7 Å². The molecule has 0 heterocycles. The number of hydrogen-bond donors (Lipinski definition) is 1. The molecule has 0 aliphatic rings. The van der Waals surface area contributed by atoms with E-state index in [0.29, 0.717) is 0 Å². The van der Waals surface area contributed by atoms with E-state index in [0.717, 1.165) is 24.3 Å². The van der Waals surface area contributed by atoms with E-state index in [2.05, 4.69) is 0 Å². The van der Waals surface area contributed by atoms with Crippen LogP contribution in [-0.2, 0) is 0 Å².